The molecule has 0 bridgehead atoms. The Bertz CT molecular complexity index is 1510. The first kappa shape index (κ1) is 26.5. The van der Waals surface area contributed by atoms with Crippen molar-refractivity contribution in [1.29, 1.82) is 0 Å². The van der Waals surface area contributed by atoms with Crippen molar-refractivity contribution in [2.75, 3.05) is 19.5 Å². The number of amides is 1. The van der Waals surface area contributed by atoms with Crippen LogP contribution < -0.4 is 20.4 Å². The van der Waals surface area contributed by atoms with Crippen molar-refractivity contribution in [3.63, 3.8) is 0 Å². The second kappa shape index (κ2) is 9.90. The molecule has 39 heavy (non-hydrogen) atoms. The third-order valence-corrected chi connectivity index (χ3v) is 6.96. The van der Waals surface area contributed by atoms with Crippen LogP contribution >= 0.6 is 0 Å². The number of carbonyl (C=O) groups is 2. The maximum atomic E-state index is 12.8. The van der Waals surface area contributed by atoms with Crippen LogP contribution in [-0.2, 0) is 18.9 Å². The lowest BCUT2D eigenvalue weighted by atomic mass is 9.89. The van der Waals surface area contributed by atoms with Crippen molar-refractivity contribution >= 4 is 28.7 Å². The van der Waals surface area contributed by atoms with Gasteiger partial charge in [-0.05, 0) is 69.7 Å². The van der Waals surface area contributed by atoms with Gasteiger partial charge in [0.2, 0.25) is 12.4 Å². The lowest BCUT2D eigenvalue weighted by Gasteiger charge is -2.45. The van der Waals surface area contributed by atoms with Gasteiger partial charge >= 0.3 is 11.8 Å². The highest BCUT2D eigenvalue weighted by molar-refractivity contribution is 6.05. The maximum absolute atomic E-state index is 12.8. The number of rotatable bonds is 6. The zero-order valence-corrected chi connectivity index (χ0v) is 22.4. The van der Waals surface area contributed by atoms with E-state index in [9.17, 15) is 14.4 Å². The van der Waals surface area contributed by atoms with Gasteiger partial charge in [0.1, 0.15) is 28.9 Å². The van der Waals surface area contributed by atoms with Crippen molar-refractivity contribution in [2.45, 2.75) is 57.9 Å². The standard InChI is InChI=1S/C28H29NO10/c1-13-11-16(8-9-18(13)33-5)24(30)29-17-12-15-7-10-19(14(2)20(15)36-25(17)31)35-26-22-21(37-27(32)38-22)23(34-6)28(3,4)39-26/h7-12,21-23,26H,1-6H3,(H,29,30)/t21?,22?,23?,26-/m1/s1. The minimum absolute atomic E-state index is 0.00475. The molecule has 1 amide bonds. The average Bonchev–Trinajstić information content (AvgIpc) is 3.27. The Balaban J connectivity index is 1.40. The van der Waals surface area contributed by atoms with Crippen molar-refractivity contribution in [3.8, 4) is 11.5 Å². The molecular formula is C28H29NO10. The smallest absolute Gasteiger partial charge is 0.496 e. The molecule has 2 aromatic carbocycles. The molecule has 1 N–H and O–H groups in total. The Morgan fingerprint density at radius 2 is 1.69 bits per heavy atom. The number of aryl methyl sites for hydroxylation is 2. The summed E-state index contributed by atoms with van der Waals surface area (Å²) in [6.07, 6.45) is -3.99. The normalized spacial score (nSPS) is 23.5. The number of benzene rings is 2. The number of hydrogen-bond acceptors (Lipinski definition) is 10. The summed E-state index contributed by atoms with van der Waals surface area (Å²) in [6.45, 7) is 7.14. The lowest BCUT2D eigenvalue weighted by molar-refractivity contribution is -0.282. The van der Waals surface area contributed by atoms with Gasteiger partial charge in [-0.3, -0.25) is 4.79 Å². The molecule has 0 spiro atoms. The van der Waals surface area contributed by atoms with Crippen LogP contribution in [-0.4, -0.2) is 56.5 Å². The maximum Gasteiger partial charge on any atom is 0.509 e. The lowest BCUT2D eigenvalue weighted by Crippen LogP contribution is -2.62. The zero-order valence-electron chi connectivity index (χ0n) is 22.4. The molecule has 0 aliphatic carbocycles. The Morgan fingerprint density at radius 3 is 2.38 bits per heavy atom. The first-order valence-electron chi connectivity index (χ1n) is 12.3. The summed E-state index contributed by atoms with van der Waals surface area (Å²) in [5, 5.41) is 3.19. The molecule has 206 valence electrons. The van der Waals surface area contributed by atoms with E-state index in [2.05, 4.69) is 5.32 Å². The molecular weight excluding hydrogens is 510 g/mol. The Morgan fingerprint density at radius 1 is 0.974 bits per heavy atom. The molecule has 2 fully saturated rings. The molecule has 3 unspecified atom stereocenters. The summed E-state index contributed by atoms with van der Waals surface area (Å²) >= 11 is 0. The Labute approximate surface area is 223 Å². The second-order valence-corrected chi connectivity index (χ2v) is 9.97. The highest BCUT2D eigenvalue weighted by Crippen LogP contribution is 2.39. The predicted octanol–water partition coefficient (Wildman–Crippen LogP) is 4.10. The van der Waals surface area contributed by atoms with Gasteiger partial charge in [-0.1, -0.05) is 0 Å². The van der Waals surface area contributed by atoms with E-state index in [-0.39, 0.29) is 11.3 Å². The van der Waals surface area contributed by atoms with E-state index in [1.807, 2.05) is 6.92 Å². The predicted molar refractivity (Wildman–Crippen MR) is 138 cm³/mol. The third-order valence-electron chi connectivity index (χ3n) is 6.96. The quantitative estimate of drug-likeness (QED) is 0.361. The number of hydrogen-bond donors (Lipinski definition) is 1. The Kier molecular flexibility index (Phi) is 6.73. The monoisotopic (exact) mass is 539 g/mol. The van der Waals surface area contributed by atoms with Gasteiger partial charge in [-0.25, -0.2) is 9.59 Å². The Hall–Kier alpha value is -4.09. The molecule has 1 aromatic heterocycles. The number of nitrogens with one attached hydrogen (secondary N) is 1. The fourth-order valence-corrected chi connectivity index (χ4v) is 5.03. The molecule has 0 saturated carbocycles. The van der Waals surface area contributed by atoms with E-state index in [0.29, 0.717) is 28.0 Å². The minimum Gasteiger partial charge on any atom is -0.496 e. The zero-order chi connectivity index (χ0) is 28.1. The molecule has 3 aromatic rings. The number of anilines is 1. The first-order valence-corrected chi connectivity index (χ1v) is 12.3. The van der Waals surface area contributed by atoms with Gasteiger partial charge in [0.25, 0.3) is 5.91 Å². The van der Waals surface area contributed by atoms with Gasteiger partial charge in [0, 0.05) is 23.6 Å². The van der Waals surface area contributed by atoms with Crippen LogP contribution in [0.3, 0.4) is 0 Å². The highest BCUT2D eigenvalue weighted by Gasteiger charge is 2.59. The van der Waals surface area contributed by atoms with Crippen LogP contribution in [0.25, 0.3) is 11.0 Å². The van der Waals surface area contributed by atoms with E-state index in [4.69, 9.17) is 32.8 Å². The second-order valence-electron chi connectivity index (χ2n) is 9.97. The van der Waals surface area contributed by atoms with Crippen LogP contribution in [0.2, 0.25) is 0 Å². The fourth-order valence-electron chi connectivity index (χ4n) is 5.03. The van der Waals surface area contributed by atoms with E-state index >= 15 is 0 Å². The third kappa shape index (κ3) is 4.79. The summed E-state index contributed by atoms with van der Waals surface area (Å²) in [7, 11) is 3.05. The summed E-state index contributed by atoms with van der Waals surface area (Å²) in [6, 6.07) is 9.88. The molecule has 3 heterocycles. The minimum atomic E-state index is -1.00. The van der Waals surface area contributed by atoms with Crippen LogP contribution in [0.4, 0.5) is 10.5 Å². The topological polar surface area (TPSA) is 132 Å². The number of ether oxygens (including phenoxy) is 6. The largest absolute Gasteiger partial charge is 0.509 e. The molecule has 2 aliphatic rings. The van der Waals surface area contributed by atoms with Gasteiger partial charge in [0.15, 0.2) is 6.10 Å². The molecule has 2 aliphatic heterocycles. The summed E-state index contributed by atoms with van der Waals surface area (Å²) in [4.78, 5) is 37.5. The molecule has 4 atom stereocenters. The van der Waals surface area contributed by atoms with E-state index in [0.717, 1.165) is 5.56 Å². The van der Waals surface area contributed by atoms with E-state index in [1.54, 1.807) is 58.2 Å². The van der Waals surface area contributed by atoms with E-state index < -0.39 is 47.9 Å². The fraction of sp³-hybridized carbons (Fsp3) is 0.393. The van der Waals surface area contributed by atoms with Crippen molar-refractivity contribution in [3.05, 3.63) is 63.5 Å². The highest BCUT2D eigenvalue weighted by atomic mass is 16.8. The number of fused-ring (bicyclic) bond motifs is 2. The number of methoxy groups -OCH3 is 2. The summed E-state index contributed by atoms with van der Waals surface area (Å²) in [5.41, 5.74) is 0.358. The van der Waals surface area contributed by atoms with Crippen LogP contribution in [0.15, 0.2) is 45.6 Å². The molecule has 5 rings (SSSR count). The molecule has 0 radical (unpaired) electrons. The summed E-state index contributed by atoms with van der Waals surface area (Å²) < 4.78 is 39.2. The van der Waals surface area contributed by atoms with Gasteiger partial charge in [-0.15, -0.1) is 0 Å². The van der Waals surface area contributed by atoms with Gasteiger partial charge < -0.3 is 38.2 Å². The molecule has 11 heteroatoms. The average molecular weight is 540 g/mol. The molecule has 2 saturated heterocycles. The van der Waals surface area contributed by atoms with Crippen LogP contribution in [0.1, 0.15) is 35.3 Å². The summed E-state index contributed by atoms with van der Waals surface area (Å²) in [5.74, 6) is 0.549. The first-order chi connectivity index (χ1) is 18.5. The number of carbonyl (C=O) groups excluding carboxylic acids is 2. The van der Waals surface area contributed by atoms with Gasteiger partial charge in [0.05, 0.1) is 12.7 Å². The van der Waals surface area contributed by atoms with Gasteiger partial charge in [-0.2, -0.15) is 0 Å². The van der Waals surface area contributed by atoms with E-state index in [1.165, 1.54) is 13.2 Å². The van der Waals surface area contributed by atoms with Crippen LogP contribution in [0.5, 0.6) is 11.5 Å². The molecule has 11 nitrogen and oxygen atoms in total. The van der Waals surface area contributed by atoms with Crippen molar-refractivity contribution < 1.29 is 42.4 Å². The van der Waals surface area contributed by atoms with Crippen molar-refractivity contribution in [2.24, 2.45) is 0 Å². The SMILES string of the molecule is COc1ccc(C(=O)Nc2cc3ccc(O[C@@H]4OC(C)(C)C(OC)C5OC(=O)OC54)c(C)c3oc2=O)cc1C. The van der Waals surface area contributed by atoms with Crippen molar-refractivity contribution in [1.82, 2.24) is 0 Å². The van der Waals surface area contributed by atoms with Crippen LogP contribution in [0, 0.1) is 13.8 Å².